The molecule has 1 fully saturated rings. The Hall–Kier alpha value is -1.59. The average Bonchev–Trinajstić information content (AvgIpc) is 2.45. The summed E-state index contributed by atoms with van der Waals surface area (Å²) in [6.07, 6.45) is 0.812. The molecule has 0 aliphatic carbocycles. The SMILES string of the molecule is COc1ccc(OCC2CN(C)CCO2)c(C=O)c1. The summed E-state index contributed by atoms with van der Waals surface area (Å²) in [4.78, 5) is 13.2. The fourth-order valence-corrected chi connectivity index (χ4v) is 2.03. The molecule has 2 rings (SSSR count). The number of methoxy groups -OCH3 is 1. The first-order valence-electron chi connectivity index (χ1n) is 6.29. The molecule has 0 N–H and O–H groups in total. The smallest absolute Gasteiger partial charge is 0.153 e. The normalized spacial score (nSPS) is 20.0. The van der Waals surface area contributed by atoms with Crippen molar-refractivity contribution in [3.05, 3.63) is 23.8 Å². The minimum Gasteiger partial charge on any atom is -0.497 e. The van der Waals surface area contributed by atoms with Crippen molar-refractivity contribution in [2.45, 2.75) is 6.10 Å². The number of rotatable bonds is 5. The van der Waals surface area contributed by atoms with Crippen molar-refractivity contribution in [3.63, 3.8) is 0 Å². The Bertz CT molecular complexity index is 435. The van der Waals surface area contributed by atoms with Crippen LogP contribution in [0.3, 0.4) is 0 Å². The van der Waals surface area contributed by atoms with Crippen molar-refractivity contribution in [1.82, 2.24) is 4.90 Å². The molecule has 1 atom stereocenters. The van der Waals surface area contributed by atoms with Gasteiger partial charge in [-0.2, -0.15) is 0 Å². The van der Waals surface area contributed by atoms with Crippen LogP contribution in [0.15, 0.2) is 18.2 Å². The van der Waals surface area contributed by atoms with Crippen LogP contribution in [0.1, 0.15) is 10.4 Å². The van der Waals surface area contributed by atoms with Gasteiger partial charge in [0.05, 0.1) is 19.3 Å². The van der Waals surface area contributed by atoms with Crippen LogP contribution in [0.4, 0.5) is 0 Å². The van der Waals surface area contributed by atoms with Crippen molar-refractivity contribution in [2.75, 3.05) is 40.5 Å². The largest absolute Gasteiger partial charge is 0.497 e. The Morgan fingerprint density at radius 3 is 3.05 bits per heavy atom. The third kappa shape index (κ3) is 3.68. The van der Waals surface area contributed by atoms with Crippen molar-refractivity contribution in [2.24, 2.45) is 0 Å². The summed E-state index contributed by atoms with van der Waals surface area (Å²) in [5, 5.41) is 0. The van der Waals surface area contributed by atoms with E-state index in [0.717, 1.165) is 19.4 Å². The molecule has 1 aromatic carbocycles. The van der Waals surface area contributed by atoms with E-state index < -0.39 is 0 Å². The molecule has 0 radical (unpaired) electrons. The maximum atomic E-state index is 11.0. The molecule has 1 aliphatic heterocycles. The van der Waals surface area contributed by atoms with Gasteiger partial charge in [0.15, 0.2) is 6.29 Å². The minimum absolute atomic E-state index is 0.0420. The molecule has 0 amide bonds. The highest BCUT2D eigenvalue weighted by Crippen LogP contribution is 2.23. The van der Waals surface area contributed by atoms with E-state index in [-0.39, 0.29) is 6.10 Å². The fraction of sp³-hybridized carbons (Fsp3) is 0.500. The van der Waals surface area contributed by atoms with Crippen LogP contribution in [0.2, 0.25) is 0 Å². The van der Waals surface area contributed by atoms with Crippen LogP contribution in [0.5, 0.6) is 11.5 Å². The predicted octanol–water partition coefficient (Wildman–Crippen LogP) is 1.22. The second-order valence-electron chi connectivity index (χ2n) is 4.59. The molecule has 0 saturated carbocycles. The molecule has 0 aromatic heterocycles. The maximum absolute atomic E-state index is 11.0. The topological polar surface area (TPSA) is 48.0 Å². The molecule has 1 unspecified atom stereocenters. The number of ether oxygens (including phenoxy) is 3. The standard InChI is InChI=1S/C14H19NO4/c1-15-5-6-18-13(8-15)10-19-14-4-3-12(17-2)7-11(14)9-16/h3-4,7,9,13H,5-6,8,10H2,1-2H3. The van der Waals surface area contributed by atoms with Gasteiger partial charge in [0.25, 0.3) is 0 Å². The van der Waals surface area contributed by atoms with Gasteiger partial charge in [-0.05, 0) is 25.2 Å². The first-order chi connectivity index (χ1) is 9.22. The van der Waals surface area contributed by atoms with Gasteiger partial charge in [-0.25, -0.2) is 0 Å². The van der Waals surface area contributed by atoms with Gasteiger partial charge in [0.2, 0.25) is 0 Å². The number of hydrogen-bond acceptors (Lipinski definition) is 5. The molecule has 19 heavy (non-hydrogen) atoms. The molecule has 5 nitrogen and oxygen atoms in total. The lowest BCUT2D eigenvalue weighted by molar-refractivity contribution is -0.0404. The van der Waals surface area contributed by atoms with E-state index in [2.05, 4.69) is 11.9 Å². The van der Waals surface area contributed by atoms with Gasteiger partial charge in [-0.15, -0.1) is 0 Å². The van der Waals surface area contributed by atoms with Crippen molar-refractivity contribution in [3.8, 4) is 11.5 Å². The van der Waals surface area contributed by atoms with E-state index in [1.54, 1.807) is 25.3 Å². The Kier molecular flexibility index (Phi) is 4.76. The predicted molar refractivity (Wildman–Crippen MR) is 71.1 cm³/mol. The Balaban J connectivity index is 1.96. The monoisotopic (exact) mass is 265 g/mol. The van der Waals surface area contributed by atoms with Gasteiger partial charge < -0.3 is 19.1 Å². The quantitative estimate of drug-likeness (QED) is 0.749. The zero-order chi connectivity index (χ0) is 13.7. The van der Waals surface area contributed by atoms with Crippen LogP contribution in [0.25, 0.3) is 0 Å². The first kappa shape index (κ1) is 13.8. The summed E-state index contributed by atoms with van der Waals surface area (Å²) in [5.74, 6) is 1.20. The Morgan fingerprint density at radius 2 is 2.37 bits per heavy atom. The number of carbonyl (C=O) groups excluding carboxylic acids is 1. The number of aldehydes is 1. The third-order valence-electron chi connectivity index (χ3n) is 3.11. The van der Waals surface area contributed by atoms with Crippen molar-refractivity contribution >= 4 is 6.29 Å². The molecule has 1 aliphatic rings. The van der Waals surface area contributed by atoms with Crippen LogP contribution >= 0.6 is 0 Å². The zero-order valence-electron chi connectivity index (χ0n) is 11.3. The molecule has 1 aromatic rings. The zero-order valence-corrected chi connectivity index (χ0v) is 11.3. The second kappa shape index (κ2) is 6.54. The van der Waals surface area contributed by atoms with Crippen LogP contribution in [-0.2, 0) is 4.74 Å². The summed E-state index contributed by atoms with van der Waals surface area (Å²) in [6.45, 7) is 2.94. The summed E-state index contributed by atoms with van der Waals surface area (Å²) >= 11 is 0. The van der Waals surface area contributed by atoms with Gasteiger partial charge >= 0.3 is 0 Å². The van der Waals surface area contributed by atoms with Crippen LogP contribution in [0, 0.1) is 0 Å². The highest BCUT2D eigenvalue weighted by molar-refractivity contribution is 5.80. The molecule has 5 heteroatoms. The second-order valence-corrected chi connectivity index (χ2v) is 4.59. The highest BCUT2D eigenvalue weighted by atomic mass is 16.5. The number of likely N-dealkylation sites (N-methyl/N-ethyl adjacent to an activating group) is 1. The third-order valence-corrected chi connectivity index (χ3v) is 3.11. The lowest BCUT2D eigenvalue weighted by Crippen LogP contribution is -2.42. The van der Waals surface area contributed by atoms with E-state index in [0.29, 0.717) is 30.3 Å². The van der Waals surface area contributed by atoms with Crippen LogP contribution in [-0.4, -0.2) is 57.8 Å². The first-order valence-corrected chi connectivity index (χ1v) is 6.29. The molecule has 1 saturated heterocycles. The van der Waals surface area contributed by atoms with E-state index in [9.17, 15) is 4.79 Å². The lowest BCUT2D eigenvalue weighted by atomic mass is 10.2. The summed E-state index contributed by atoms with van der Waals surface area (Å²) < 4.78 is 16.4. The summed E-state index contributed by atoms with van der Waals surface area (Å²) in [5.41, 5.74) is 0.489. The minimum atomic E-state index is 0.0420. The number of hydrogen-bond donors (Lipinski definition) is 0. The van der Waals surface area contributed by atoms with E-state index >= 15 is 0 Å². The molecular weight excluding hydrogens is 246 g/mol. The van der Waals surface area contributed by atoms with Gasteiger partial charge in [0.1, 0.15) is 24.2 Å². The maximum Gasteiger partial charge on any atom is 0.153 e. The number of benzene rings is 1. The Morgan fingerprint density at radius 1 is 1.53 bits per heavy atom. The van der Waals surface area contributed by atoms with Crippen molar-refractivity contribution in [1.29, 1.82) is 0 Å². The Labute approximate surface area is 113 Å². The lowest BCUT2D eigenvalue weighted by Gasteiger charge is -2.29. The van der Waals surface area contributed by atoms with E-state index in [1.165, 1.54) is 0 Å². The number of morpholine rings is 1. The molecule has 1 heterocycles. The van der Waals surface area contributed by atoms with E-state index in [4.69, 9.17) is 14.2 Å². The number of nitrogens with zero attached hydrogens (tertiary/aromatic N) is 1. The van der Waals surface area contributed by atoms with Crippen LogP contribution < -0.4 is 9.47 Å². The molecule has 0 bridgehead atoms. The number of carbonyl (C=O) groups is 1. The summed E-state index contributed by atoms with van der Waals surface area (Å²) in [7, 11) is 3.62. The highest BCUT2D eigenvalue weighted by Gasteiger charge is 2.18. The molecule has 104 valence electrons. The van der Waals surface area contributed by atoms with Crippen molar-refractivity contribution < 1.29 is 19.0 Å². The fourth-order valence-electron chi connectivity index (χ4n) is 2.03. The molecular formula is C14H19NO4. The van der Waals surface area contributed by atoms with Gasteiger partial charge in [0, 0.05) is 13.1 Å². The van der Waals surface area contributed by atoms with Gasteiger partial charge in [-0.3, -0.25) is 4.79 Å². The van der Waals surface area contributed by atoms with Gasteiger partial charge in [-0.1, -0.05) is 0 Å². The summed E-state index contributed by atoms with van der Waals surface area (Å²) in [6, 6.07) is 5.18. The van der Waals surface area contributed by atoms with E-state index in [1.807, 2.05) is 0 Å². The average molecular weight is 265 g/mol. The molecule has 0 spiro atoms.